The molecule has 33 N–H and O–H groups in total. The number of guanidine groups is 4. The number of ketones is 1. The van der Waals surface area contributed by atoms with Gasteiger partial charge in [0.25, 0.3) is 0 Å². The van der Waals surface area contributed by atoms with E-state index in [0.717, 1.165) is 6.42 Å². The molecular weight excluding hydrogens is 1650 g/mol. The molecule has 40 nitrogen and oxygen atoms in total. The van der Waals surface area contributed by atoms with Crippen molar-refractivity contribution in [2.24, 2.45) is 40.3 Å². The van der Waals surface area contributed by atoms with E-state index >= 15 is 31.9 Å². The number of nitrogens with one attached hydrogen (secondary N) is 19. The molecule has 0 bridgehead atoms. The average Bonchev–Trinajstić information content (AvgIpc) is 1.70. The van der Waals surface area contributed by atoms with Gasteiger partial charge in [0.1, 0.15) is 54.4 Å². The van der Waals surface area contributed by atoms with Gasteiger partial charge in [-0.1, -0.05) is 105 Å². The Kier molecular flexibility index (Phi) is 40.8. The average molecular weight is 1760 g/mol. The maximum absolute atomic E-state index is 15.9. The summed E-state index contributed by atoms with van der Waals surface area (Å²) in [5, 5.41) is 86.5. The van der Waals surface area contributed by atoms with Crippen LogP contribution in [0.5, 0.6) is 0 Å². The van der Waals surface area contributed by atoms with Gasteiger partial charge in [-0.3, -0.25) is 84.0 Å². The zero-order valence-corrected chi connectivity index (χ0v) is 68.2. The maximum Gasteiger partial charge on any atom is 0.245 e. The minimum Gasteiger partial charge on any atom is -0.394 e. The zero-order chi connectivity index (χ0) is 92.0. The van der Waals surface area contributed by atoms with Crippen LogP contribution >= 0.6 is 0 Å². The zero-order valence-electron chi connectivity index (χ0n) is 68.2. The van der Waals surface area contributed by atoms with Crippen LogP contribution in [-0.2, 0) is 76.8 Å². The second-order valence-electron chi connectivity index (χ2n) is 29.8. The van der Waals surface area contributed by atoms with Crippen LogP contribution in [0.3, 0.4) is 0 Å². The summed E-state index contributed by atoms with van der Waals surface area (Å²) >= 11 is 0. The number of carbonyl (C=O) groups is 12. The molecule has 0 saturated heterocycles. The Labute approximate surface area is 714 Å². The standard InChI is InChI=1S/C80H109F5N25O15/c81-61-48(62(82)64(84)65(85)63(61)83)36-57(108-76(125)59(40-113)110-73(122)56(35-45-37-100-50-19-8-7-18-47(45)50)107-75(124)58(39-112)109-67(116)49(86)33-42-23-25-44(26-24-42)66(115)43-15-5-2-6-16-43)74(123)106-55(34-41-13-3-1-4-14-41)72(121)104-53(22-12-32-99-80(94)95)70(119)102-51(20-10-30-97-78(90)91)69(118)103-52(21-11-31-98-79(92)93)71(120)105-54(27-28-60(87)114)68(117)101-46(38-111)17-9-29-96-77(88)89/h2,5-8,15-16,18-19,23-26,37,41,46,49,51-59,100,112-113H,1,3-4,9-14,17,20-22,27-36,39-40,86H2,(H2,87,114)(H,101,117)(H,102,119)(H,103,118)(H,104,121)(H,105,120)(H,106,123)(H,107,124)(H,108,125)(H,109,116)(H,110,122)(H4,88,89,96)(H4,90,91,97)(H4,92,93,98)(H4,94,95,99)/t46-,49-,51+,52-,53-,54+,55+,56-,57-,58+,59+/m1/s1. The largest absolute Gasteiger partial charge is 0.394 e. The Bertz CT molecular complexity index is 4600. The summed E-state index contributed by atoms with van der Waals surface area (Å²) in [7, 11) is 0. The fourth-order valence-electron chi connectivity index (χ4n) is 13.6. The molecule has 6 rings (SSSR count). The van der Waals surface area contributed by atoms with Gasteiger partial charge in [0.15, 0.2) is 52.9 Å². The lowest BCUT2D eigenvalue weighted by Crippen LogP contribution is -2.62. The second kappa shape index (κ2) is 50.8. The molecule has 5 aromatic rings. The number of nitrogens with two attached hydrogens (primary N) is 6. The smallest absolute Gasteiger partial charge is 0.245 e. The highest BCUT2D eigenvalue weighted by Crippen LogP contribution is 2.29. The number of hydrogen-bond donors (Lipinski definition) is 27. The molecule has 1 aromatic heterocycles. The van der Waals surface area contributed by atoms with Crippen LogP contribution in [0.25, 0.3) is 10.9 Å². The number of fused-ring (bicyclic) bond motifs is 1. The van der Waals surface area contributed by atoms with Gasteiger partial charge in [-0.15, -0.1) is 0 Å². The molecule has 1 heterocycles. The summed E-state index contributed by atoms with van der Waals surface area (Å²) in [5.74, 6) is -28.2. The fraction of sp³-hybridized carbons (Fsp3) is 0.463. The lowest BCUT2D eigenvalue weighted by atomic mass is 9.84. The molecule has 45 heteroatoms. The molecular formula is C80H109F5N25O15. The summed E-state index contributed by atoms with van der Waals surface area (Å²) < 4.78 is 76.9. The Morgan fingerprint density at radius 1 is 0.424 bits per heavy atom. The molecule has 1 saturated carbocycles. The number of H-pyrrole nitrogens is 1. The van der Waals surface area contributed by atoms with E-state index < -0.39 is 235 Å². The number of primary amides is 1. The third-order valence-electron chi connectivity index (χ3n) is 20.3. The first-order valence-corrected chi connectivity index (χ1v) is 40.3. The van der Waals surface area contributed by atoms with E-state index in [1.165, 1.54) is 18.3 Å². The van der Waals surface area contributed by atoms with Crippen LogP contribution in [0.15, 0.2) is 85.1 Å². The van der Waals surface area contributed by atoms with Crippen molar-refractivity contribution >= 4 is 112 Å². The van der Waals surface area contributed by atoms with E-state index in [1.54, 1.807) is 73.0 Å². The van der Waals surface area contributed by atoms with E-state index in [1.807, 2.05) is 0 Å². The first-order valence-electron chi connectivity index (χ1n) is 40.3. The van der Waals surface area contributed by atoms with Crippen molar-refractivity contribution in [1.82, 2.24) is 79.4 Å². The van der Waals surface area contributed by atoms with E-state index in [2.05, 4.69) is 79.4 Å². The van der Waals surface area contributed by atoms with Crippen LogP contribution in [0.1, 0.15) is 135 Å². The predicted molar refractivity (Wildman–Crippen MR) is 445 cm³/mol. The Hall–Kier alpha value is -13.5. The SMILES string of the molecule is N=C(N)NCCC[C@H](NC(=O)[C@@H](CCCNC(=N)N)NC(=O)[C@H](CC1CCCCC1)NC(=O)[C@@H](Cc1c(F)c(F)c(F)c(F)c1F)NC(=O)[C@H](CO)NC(=O)[C@@H](Cc1c[nH]c2ccccc12)NC(=O)[C@H](CO)NC(=O)[C@H](N)Cc1ccc(C(=O)c2ccccc2)cc1)C(=O)N[C@H](CCCNC(=N)N)C(=O)N[C@@H](CCC(N)=O)C(=O)N[C@@H]([C]=O)CCCNC(=N)N. The van der Waals surface area contributed by atoms with Gasteiger partial charge in [0.2, 0.25) is 77.1 Å². The Morgan fingerprint density at radius 2 is 0.800 bits per heavy atom. The van der Waals surface area contributed by atoms with Crippen LogP contribution < -0.4 is 109 Å². The number of hydrogen-bond acceptors (Lipinski definition) is 20. The summed E-state index contributed by atoms with van der Waals surface area (Å²) in [6.45, 7) is -2.71. The second-order valence-corrected chi connectivity index (χ2v) is 29.8. The number of aromatic nitrogens is 1. The summed E-state index contributed by atoms with van der Waals surface area (Å²) in [5.41, 5.74) is 34.1. The first-order chi connectivity index (χ1) is 59.5. The molecule has 1 fully saturated rings. The normalized spacial score (nSPS) is 14.6. The Balaban J connectivity index is 1.31. The molecule has 0 aliphatic heterocycles. The third kappa shape index (κ3) is 32.7. The van der Waals surface area contributed by atoms with E-state index in [0.29, 0.717) is 58.8 Å². The topological polar surface area (TPSA) is 698 Å². The molecule has 4 aromatic carbocycles. The van der Waals surface area contributed by atoms with Crippen LogP contribution in [0.2, 0.25) is 0 Å². The van der Waals surface area contributed by atoms with Crippen molar-refractivity contribution in [3.8, 4) is 0 Å². The molecule has 1 aliphatic rings. The van der Waals surface area contributed by atoms with Crippen molar-refractivity contribution in [2.75, 3.05) is 39.4 Å². The van der Waals surface area contributed by atoms with Gasteiger partial charge in [-0.2, -0.15) is 0 Å². The number of rotatable bonds is 52. The van der Waals surface area contributed by atoms with Gasteiger partial charge in [0, 0.05) is 79.2 Å². The van der Waals surface area contributed by atoms with E-state index in [-0.39, 0.29) is 95.7 Å². The number of benzene rings is 4. The highest BCUT2D eigenvalue weighted by atomic mass is 19.2. The van der Waals surface area contributed by atoms with Crippen molar-refractivity contribution in [1.29, 1.82) is 21.6 Å². The lowest BCUT2D eigenvalue weighted by Gasteiger charge is -2.30. The lowest BCUT2D eigenvalue weighted by molar-refractivity contribution is -0.136. The first kappa shape index (κ1) is 100. The number of para-hydroxylation sites is 1. The predicted octanol–water partition coefficient (Wildman–Crippen LogP) is -3.32. The van der Waals surface area contributed by atoms with Gasteiger partial charge in [0.05, 0.1) is 25.3 Å². The summed E-state index contributed by atoms with van der Waals surface area (Å²) in [6, 6.07) is 1.54. The summed E-state index contributed by atoms with van der Waals surface area (Å²) in [6.07, 6.45) is 1.28. The van der Waals surface area contributed by atoms with Crippen molar-refractivity contribution in [3.05, 3.63) is 142 Å². The fourth-order valence-corrected chi connectivity index (χ4v) is 13.6. The molecule has 1 radical (unpaired) electrons. The molecule has 11 atom stereocenters. The quantitative estimate of drug-likeness (QED) is 0.00345. The van der Waals surface area contributed by atoms with Crippen LogP contribution in [0, 0.1) is 56.6 Å². The van der Waals surface area contributed by atoms with Gasteiger partial charge < -0.3 is 124 Å². The molecule has 1 aliphatic carbocycles. The number of amides is 11. The number of carbonyl (C=O) groups excluding carboxylic acids is 13. The van der Waals surface area contributed by atoms with Gasteiger partial charge in [-0.25, -0.2) is 22.0 Å². The number of halogens is 5. The third-order valence-corrected chi connectivity index (χ3v) is 20.3. The highest BCUT2D eigenvalue weighted by Gasteiger charge is 2.39. The Morgan fingerprint density at radius 3 is 1.26 bits per heavy atom. The highest BCUT2D eigenvalue weighted by molar-refractivity contribution is 6.09. The molecule has 0 unspecified atom stereocenters. The van der Waals surface area contributed by atoms with Crippen molar-refractivity contribution in [2.45, 2.75) is 188 Å². The monoisotopic (exact) mass is 1750 g/mol. The molecule has 0 spiro atoms. The molecule has 125 heavy (non-hydrogen) atoms. The van der Waals surface area contributed by atoms with Gasteiger partial charge in [-0.05, 0) is 93.7 Å². The number of aromatic amines is 1. The van der Waals surface area contributed by atoms with Gasteiger partial charge >= 0.3 is 0 Å². The van der Waals surface area contributed by atoms with Crippen molar-refractivity contribution in [3.63, 3.8) is 0 Å². The molecule has 679 valence electrons. The van der Waals surface area contributed by atoms with Crippen molar-refractivity contribution < 1.29 is 94.5 Å². The minimum atomic E-state index is -2.62. The minimum absolute atomic E-state index is 0.0335. The summed E-state index contributed by atoms with van der Waals surface area (Å²) in [4.78, 5) is 186. The molecule has 11 amide bonds. The van der Waals surface area contributed by atoms with Crippen LogP contribution in [-0.4, -0.2) is 222 Å². The number of aliphatic hydroxyl groups excluding tert-OH is 2. The maximum atomic E-state index is 15.9. The van der Waals surface area contributed by atoms with Crippen LogP contribution in [0.4, 0.5) is 22.0 Å². The number of aliphatic hydroxyl groups is 2. The van der Waals surface area contributed by atoms with E-state index in [4.69, 9.17) is 56.0 Å². The van der Waals surface area contributed by atoms with E-state index in [9.17, 15) is 62.5 Å².